The topological polar surface area (TPSA) is 113 Å². The first-order valence-electron chi connectivity index (χ1n) is 21.8. The lowest BCUT2D eigenvalue weighted by Gasteiger charge is -2.36. The Kier molecular flexibility index (Phi) is 21.1. The molecule has 0 aliphatic heterocycles. The summed E-state index contributed by atoms with van der Waals surface area (Å²) in [5.74, 6) is 3.21. The Labute approximate surface area is 371 Å². The second-order valence-electron chi connectivity index (χ2n) is 15.8. The lowest BCUT2D eigenvalue weighted by Crippen LogP contribution is -2.35. The molecule has 62 heavy (non-hydrogen) atoms. The van der Waals surface area contributed by atoms with E-state index in [9.17, 15) is 9.59 Å². The number of methoxy groups -OCH3 is 1. The molecule has 0 aliphatic carbocycles. The van der Waals surface area contributed by atoms with Gasteiger partial charge in [0.25, 0.3) is 8.53 Å². The van der Waals surface area contributed by atoms with Crippen molar-refractivity contribution in [2.24, 2.45) is 0 Å². The minimum Gasteiger partial charge on any atom is -0.497 e. The molecule has 2 unspecified atom stereocenters. The lowest BCUT2D eigenvalue weighted by atomic mass is 9.79. The standard InChI is InChI=1S/C51H65N4O6P/c1-8-43-24-30-47(31-25-43)53-49(56)20-16-21-50(57)54(36-13-15-38-60-62(61-39-17-34-52)55(40(2)3)41(4)5)35-12-14-37-59-51(44-18-10-9-11-19-44,45-26-22-42(6)23-27-45)46-28-32-48(58-7)33-29-46/h1,9-11,18-19,22-33,40-41H,12-17,20-21,35-39H2,2-7H3,(H,53,56). The molecule has 4 aromatic carbocycles. The number of ether oxygens (including phenoxy) is 2. The van der Waals surface area contributed by atoms with Crippen LogP contribution in [-0.2, 0) is 29.0 Å². The van der Waals surface area contributed by atoms with Crippen molar-refractivity contribution in [3.63, 3.8) is 0 Å². The van der Waals surface area contributed by atoms with Crippen LogP contribution in [0.3, 0.4) is 0 Å². The number of nitrogens with one attached hydrogen (secondary N) is 1. The van der Waals surface area contributed by atoms with Crippen molar-refractivity contribution >= 4 is 26.0 Å². The van der Waals surface area contributed by atoms with Gasteiger partial charge in [-0.05, 0) is 120 Å². The highest BCUT2D eigenvalue weighted by molar-refractivity contribution is 7.44. The smallest absolute Gasteiger partial charge is 0.259 e. The fourth-order valence-corrected chi connectivity index (χ4v) is 8.95. The number of rotatable bonds is 27. The van der Waals surface area contributed by atoms with E-state index in [1.165, 1.54) is 0 Å². The number of amides is 2. The maximum absolute atomic E-state index is 13.8. The summed E-state index contributed by atoms with van der Waals surface area (Å²) in [6.07, 6.45) is 9.60. The van der Waals surface area contributed by atoms with Gasteiger partial charge in [-0.1, -0.05) is 78.2 Å². The van der Waals surface area contributed by atoms with Gasteiger partial charge in [0, 0.05) is 55.9 Å². The lowest BCUT2D eigenvalue weighted by molar-refractivity contribution is -0.131. The van der Waals surface area contributed by atoms with E-state index < -0.39 is 14.1 Å². The number of benzene rings is 4. The van der Waals surface area contributed by atoms with Gasteiger partial charge in [0.2, 0.25) is 11.8 Å². The SMILES string of the molecule is C#Cc1ccc(NC(=O)CCCC(=O)N(CCCCOP(OCCC#N)N(C(C)C)C(C)C)CCCCOC(c2ccccc2)(c2ccc(C)cc2)c2ccc(OC)cc2)cc1. The Morgan fingerprint density at radius 1 is 0.742 bits per heavy atom. The summed E-state index contributed by atoms with van der Waals surface area (Å²) >= 11 is 0. The molecule has 0 saturated carbocycles. The second kappa shape index (κ2) is 26.4. The van der Waals surface area contributed by atoms with Gasteiger partial charge < -0.3 is 28.7 Å². The van der Waals surface area contributed by atoms with Crippen molar-refractivity contribution in [2.45, 2.75) is 104 Å². The van der Waals surface area contributed by atoms with Gasteiger partial charge in [0.1, 0.15) is 11.4 Å². The van der Waals surface area contributed by atoms with Crippen LogP contribution >= 0.6 is 8.53 Å². The monoisotopic (exact) mass is 860 g/mol. The Hall–Kier alpha value is -5.06. The van der Waals surface area contributed by atoms with E-state index >= 15 is 0 Å². The van der Waals surface area contributed by atoms with Crippen molar-refractivity contribution in [1.29, 1.82) is 5.26 Å². The zero-order chi connectivity index (χ0) is 44.7. The largest absolute Gasteiger partial charge is 0.497 e. The number of carbonyl (C=O) groups is 2. The maximum atomic E-state index is 13.8. The second-order valence-corrected chi connectivity index (χ2v) is 17.2. The van der Waals surface area contributed by atoms with Crippen LogP contribution < -0.4 is 10.1 Å². The average molecular weight is 861 g/mol. The van der Waals surface area contributed by atoms with E-state index in [4.69, 9.17) is 30.2 Å². The van der Waals surface area contributed by atoms with Gasteiger partial charge in [0.15, 0.2) is 0 Å². The summed E-state index contributed by atoms with van der Waals surface area (Å²) in [4.78, 5) is 28.5. The number of unbranched alkanes of at least 4 members (excludes halogenated alkanes) is 2. The van der Waals surface area contributed by atoms with Crippen LogP contribution in [0.2, 0.25) is 0 Å². The van der Waals surface area contributed by atoms with Crippen LogP contribution in [0.25, 0.3) is 0 Å². The van der Waals surface area contributed by atoms with E-state index in [2.05, 4.69) is 105 Å². The summed E-state index contributed by atoms with van der Waals surface area (Å²) in [6, 6.07) is 36.5. The van der Waals surface area contributed by atoms with Gasteiger partial charge in [-0.15, -0.1) is 6.42 Å². The van der Waals surface area contributed by atoms with Crippen LogP contribution in [0.15, 0.2) is 103 Å². The molecule has 11 heteroatoms. The predicted octanol–water partition coefficient (Wildman–Crippen LogP) is 10.8. The fraction of sp³-hybridized carbons (Fsp3) is 0.431. The highest BCUT2D eigenvalue weighted by Gasteiger charge is 2.37. The van der Waals surface area contributed by atoms with E-state index in [1.54, 1.807) is 31.4 Å². The maximum Gasteiger partial charge on any atom is 0.259 e. The third kappa shape index (κ3) is 15.1. The summed E-state index contributed by atoms with van der Waals surface area (Å²) < 4.78 is 27.2. The molecule has 2 amide bonds. The molecule has 0 saturated heterocycles. The molecule has 0 radical (unpaired) electrons. The molecular formula is C51H65N4O6P. The number of nitriles is 1. The molecule has 2 atom stereocenters. The number of nitrogens with zero attached hydrogens (tertiary/aromatic N) is 3. The molecule has 0 spiro atoms. The van der Waals surface area contributed by atoms with Crippen molar-refractivity contribution < 1.29 is 28.1 Å². The minimum absolute atomic E-state index is 0.0161. The average Bonchev–Trinajstić information content (AvgIpc) is 3.27. The molecule has 0 heterocycles. The quantitative estimate of drug-likeness (QED) is 0.0273. The van der Waals surface area contributed by atoms with Crippen molar-refractivity contribution in [1.82, 2.24) is 9.57 Å². The number of aryl methyl sites for hydroxylation is 1. The molecule has 1 N–H and O–H groups in total. The zero-order valence-corrected chi connectivity index (χ0v) is 38.4. The normalized spacial score (nSPS) is 12.7. The summed E-state index contributed by atoms with van der Waals surface area (Å²) in [5, 5.41) is 12.0. The van der Waals surface area contributed by atoms with Crippen LogP contribution in [0.1, 0.15) is 107 Å². The molecule has 0 aliphatic rings. The molecule has 0 aromatic heterocycles. The molecule has 4 aromatic rings. The molecule has 4 rings (SSSR count). The fourth-order valence-electron chi connectivity index (χ4n) is 7.32. The van der Waals surface area contributed by atoms with E-state index in [0.717, 1.165) is 59.3 Å². The summed E-state index contributed by atoms with van der Waals surface area (Å²) in [5.41, 5.74) is 4.73. The zero-order valence-electron chi connectivity index (χ0n) is 37.5. The first-order chi connectivity index (χ1) is 30.0. The molecule has 10 nitrogen and oxygen atoms in total. The van der Waals surface area contributed by atoms with Crippen molar-refractivity contribution in [2.75, 3.05) is 45.3 Å². The van der Waals surface area contributed by atoms with Crippen molar-refractivity contribution in [3.05, 3.63) is 131 Å². The first-order valence-corrected chi connectivity index (χ1v) is 22.9. The van der Waals surface area contributed by atoms with Crippen LogP contribution in [-0.4, -0.2) is 73.5 Å². The van der Waals surface area contributed by atoms with Gasteiger partial charge in [-0.3, -0.25) is 9.59 Å². The van der Waals surface area contributed by atoms with E-state index in [-0.39, 0.29) is 36.7 Å². The molecular weight excluding hydrogens is 796 g/mol. The van der Waals surface area contributed by atoms with Crippen LogP contribution in [0, 0.1) is 30.6 Å². The molecule has 0 fully saturated rings. The number of terminal acetylenes is 1. The number of hydrogen-bond acceptors (Lipinski definition) is 8. The molecule has 0 bridgehead atoms. The summed E-state index contributed by atoms with van der Waals surface area (Å²) in [7, 11) is 0.325. The predicted molar refractivity (Wildman–Crippen MR) is 250 cm³/mol. The van der Waals surface area contributed by atoms with E-state index in [1.807, 2.05) is 35.2 Å². The minimum atomic E-state index is -1.34. The van der Waals surface area contributed by atoms with Gasteiger partial charge >= 0.3 is 0 Å². The number of hydrogen-bond donors (Lipinski definition) is 1. The highest BCUT2D eigenvalue weighted by Crippen LogP contribution is 2.46. The van der Waals surface area contributed by atoms with Gasteiger partial charge in [-0.25, -0.2) is 4.67 Å². The molecule has 330 valence electrons. The van der Waals surface area contributed by atoms with Gasteiger partial charge in [0.05, 0.1) is 32.8 Å². The van der Waals surface area contributed by atoms with Gasteiger partial charge in [-0.2, -0.15) is 5.26 Å². The first kappa shape index (κ1) is 49.6. The number of anilines is 1. The van der Waals surface area contributed by atoms with Crippen LogP contribution in [0.4, 0.5) is 5.69 Å². The van der Waals surface area contributed by atoms with Crippen LogP contribution in [0.5, 0.6) is 5.75 Å². The third-order valence-corrected chi connectivity index (χ3v) is 12.6. The Bertz CT molecular complexity index is 2010. The number of carbonyl (C=O) groups excluding carboxylic acids is 2. The third-order valence-electron chi connectivity index (χ3n) is 10.4. The Balaban J connectivity index is 1.43. The summed E-state index contributed by atoms with van der Waals surface area (Å²) in [6.45, 7) is 12.9. The van der Waals surface area contributed by atoms with E-state index in [0.29, 0.717) is 51.4 Å². The highest BCUT2D eigenvalue weighted by atomic mass is 31.2. The Morgan fingerprint density at radius 2 is 1.32 bits per heavy atom. The Morgan fingerprint density at radius 3 is 1.90 bits per heavy atom. The van der Waals surface area contributed by atoms with Crippen molar-refractivity contribution in [3.8, 4) is 24.2 Å².